The van der Waals surface area contributed by atoms with Crippen molar-refractivity contribution in [1.82, 2.24) is 45.2 Å². The van der Waals surface area contributed by atoms with Gasteiger partial charge in [-0.15, -0.1) is 5.10 Å². The van der Waals surface area contributed by atoms with Crippen LogP contribution in [0.15, 0.2) is 48.9 Å². The van der Waals surface area contributed by atoms with E-state index in [1.807, 2.05) is 23.1 Å². The summed E-state index contributed by atoms with van der Waals surface area (Å²) >= 11 is 0. The lowest BCUT2D eigenvalue weighted by Crippen LogP contribution is -2.59. The molecule has 4 aliphatic heterocycles. The highest BCUT2D eigenvalue weighted by Crippen LogP contribution is 2.32. The van der Waals surface area contributed by atoms with Gasteiger partial charge in [-0.05, 0) is 70.3 Å². The summed E-state index contributed by atoms with van der Waals surface area (Å²) in [5.74, 6) is -0.330. The van der Waals surface area contributed by atoms with Crippen LogP contribution in [-0.4, -0.2) is 123 Å². The fourth-order valence-electron chi connectivity index (χ4n) is 7.66. The first-order chi connectivity index (χ1) is 26.2. The number of piperazine rings is 2. The van der Waals surface area contributed by atoms with Gasteiger partial charge >= 0.3 is 0 Å². The molecule has 0 spiro atoms. The molecule has 0 saturated carbocycles. The van der Waals surface area contributed by atoms with Crippen LogP contribution in [0.5, 0.6) is 0 Å². The van der Waals surface area contributed by atoms with E-state index in [9.17, 15) is 18.8 Å². The third kappa shape index (κ3) is 7.84. The van der Waals surface area contributed by atoms with Crippen molar-refractivity contribution in [2.45, 2.75) is 44.6 Å². The Balaban J connectivity index is 0.000000191. The first-order valence-electron chi connectivity index (χ1n) is 18.0. The molecule has 0 bridgehead atoms. The SMILES string of the molecule is Cc1c([C@@H]2CN3CCN(C(=O)Cc4ccc(-n5cnnn5)nc4)C[C@H]3CO2)ccc(F)c1C#N.Cc1c([C@@H]2CN3CCNC[C@H]3CO2)ccc(F)c1C#N. The van der Waals surface area contributed by atoms with Crippen molar-refractivity contribution >= 4 is 5.91 Å². The minimum Gasteiger partial charge on any atom is -0.370 e. The molecule has 14 nitrogen and oxygen atoms in total. The molecule has 1 N–H and O–H groups in total. The summed E-state index contributed by atoms with van der Waals surface area (Å²) in [6, 6.07) is 14.2. The topological polar surface area (TPSA) is 161 Å². The first kappa shape index (κ1) is 37.1. The van der Waals surface area contributed by atoms with E-state index in [1.165, 1.54) is 23.1 Å². The largest absolute Gasteiger partial charge is 0.370 e. The predicted octanol–water partition coefficient (Wildman–Crippen LogP) is 2.55. The van der Waals surface area contributed by atoms with E-state index in [1.54, 1.807) is 38.2 Å². The van der Waals surface area contributed by atoms with Crippen LogP contribution in [0.25, 0.3) is 5.82 Å². The van der Waals surface area contributed by atoms with Gasteiger partial charge in [0.2, 0.25) is 5.91 Å². The van der Waals surface area contributed by atoms with E-state index in [-0.39, 0.29) is 41.7 Å². The number of halogens is 2. The van der Waals surface area contributed by atoms with E-state index < -0.39 is 11.6 Å². The minimum absolute atomic E-state index is 0.0480. The van der Waals surface area contributed by atoms with Gasteiger partial charge in [0.15, 0.2) is 5.82 Å². The van der Waals surface area contributed by atoms with E-state index in [0.29, 0.717) is 55.8 Å². The normalized spacial score (nSPS) is 22.9. The molecule has 1 amide bonds. The number of morpholine rings is 2. The van der Waals surface area contributed by atoms with Gasteiger partial charge in [0.1, 0.15) is 30.1 Å². The van der Waals surface area contributed by atoms with Crippen molar-refractivity contribution in [1.29, 1.82) is 10.5 Å². The lowest BCUT2D eigenvalue weighted by molar-refractivity contribution is -0.139. The van der Waals surface area contributed by atoms with Crippen molar-refractivity contribution in [3.8, 4) is 18.0 Å². The van der Waals surface area contributed by atoms with Crippen LogP contribution < -0.4 is 5.32 Å². The number of hydrogen-bond acceptors (Lipinski definition) is 12. The highest BCUT2D eigenvalue weighted by molar-refractivity contribution is 5.79. The average Bonchev–Trinajstić information content (AvgIpc) is 3.74. The number of amides is 1. The molecule has 8 rings (SSSR count). The third-order valence-corrected chi connectivity index (χ3v) is 10.8. The summed E-state index contributed by atoms with van der Waals surface area (Å²) in [5.41, 5.74) is 4.12. The Morgan fingerprint density at radius 2 is 1.52 bits per heavy atom. The second-order valence-electron chi connectivity index (χ2n) is 13.9. The Kier molecular flexibility index (Phi) is 11.3. The van der Waals surface area contributed by atoms with Crippen LogP contribution in [0.3, 0.4) is 0 Å². The summed E-state index contributed by atoms with van der Waals surface area (Å²) in [4.78, 5) is 23.9. The van der Waals surface area contributed by atoms with Gasteiger partial charge in [-0.25, -0.2) is 13.8 Å². The summed E-state index contributed by atoms with van der Waals surface area (Å²) < 4.78 is 41.0. The molecule has 4 aromatic rings. The Morgan fingerprint density at radius 1 is 0.870 bits per heavy atom. The van der Waals surface area contributed by atoms with E-state index in [4.69, 9.17) is 14.7 Å². The fourth-order valence-corrected chi connectivity index (χ4v) is 7.66. The number of tetrazole rings is 1. The first-order valence-corrected chi connectivity index (χ1v) is 18.0. The van der Waals surface area contributed by atoms with Crippen molar-refractivity contribution < 1.29 is 23.0 Å². The average molecular weight is 738 g/mol. The highest BCUT2D eigenvalue weighted by Gasteiger charge is 2.36. The Labute approximate surface area is 311 Å². The number of pyridine rings is 1. The van der Waals surface area contributed by atoms with Crippen molar-refractivity contribution in [2.24, 2.45) is 0 Å². The molecule has 280 valence electrons. The third-order valence-electron chi connectivity index (χ3n) is 10.8. The standard InChI is InChI=1S/C23H23FN8O2.C15H18FN3O/c1-15-18(3-4-20(24)19(15)9-25)21-12-30-6-7-31(11-17(30)13-34-21)23(33)8-16-2-5-22(26-10-16)32-14-27-28-29-32;1-10-12(2-3-14(16)13(10)6-17)15-8-19-5-4-18-7-11(19)9-20-15/h2-5,10,14,17,21H,6-8,11-13H2,1H3;2-3,11,15,18H,4-5,7-9H2,1H3/t17-,21-;11-,15-/m00/s1. The smallest absolute Gasteiger partial charge is 0.227 e. The fraction of sp³-hybridized carbons (Fsp3) is 0.447. The quantitative estimate of drug-likeness (QED) is 0.319. The highest BCUT2D eigenvalue weighted by atomic mass is 19.1. The molecular weight excluding hydrogens is 696 g/mol. The van der Waals surface area contributed by atoms with Crippen LogP contribution >= 0.6 is 0 Å². The number of carbonyl (C=O) groups is 1. The number of nitrogens with one attached hydrogen (secondary N) is 1. The molecule has 4 aliphatic rings. The number of aromatic nitrogens is 5. The number of nitriles is 2. The molecule has 6 heterocycles. The van der Waals surface area contributed by atoms with Gasteiger partial charge in [-0.2, -0.15) is 15.2 Å². The zero-order valence-corrected chi connectivity index (χ0v) is 30.2. The number of fused-ring (bicyclic) bond motifs is 2. The maximum Gasteiger partial charge on any atom is 0.227 e. The molecule has 0 radical (unpaired) electrons. The molecule has 0 unspecified atom stereocenters. The molecule has 16 heteroatoms. The molecule has 54 heavy (non-hydrogen) atoms. The second-order valence-corrected chi connectivity index (χ2v) is 13.9. The Morgan fingerprint density at radius 3 is 2.11 bits per heavy atom. The Bertz CT molecular complexity index is 2050. The number of hydrogen-bond donors (Lipinski definition) is 1. The molecule has 2 aromatic carbocycles. The number of rotatable bonds is 5. The van der Waals surface area contributed by atoms with Gasteiger partial charge in [0, 0.05) is 64.6 Å². The van der Waals surface area contributed by atoms with Gasteiger partial charge in [-0.1, -0.05) is 18.2 Å². The van der Waals surface area contributed by atoms with E-state index in [2.05, 4.69) is 35.6 Å². The van der Waals surface area contributed by atoms with Crippen LogP contribution in [0.2, 0.25) is 0 Å². The van der Waals surface area contributed by atoms with Gasteiger partial charge in [-0.3, -0.25) is 14.6 Å². The lowest BCUT2D eigenvalue weighted by Gasteiger charge is -2.46. The van der Waals surface area contributed by atoms with Gasteiger partial charge in [0.05, 0.1) is 49.0 Å². The summed E-state index contributed by atoms with van der Waals surface area (Å²) in [7, 11) is 0. The minimum atomic E-state index is -0.509. The summed E-state index contributed by atoms with van der Waals surface area (Å²) in [6.45, 7) is 11.1. The van der Waals surface area contributed by atoms with Crippen molar-refractivity contribution in [3.05, 3.63) is 99.5 Å². The molecular formula is C38H41F2N11O3. The molecule has 2 aromatic heterocycles. The molecule has 4 atom stereocenters. The van der Waals surface area contributed by atoms with Gasteiger partial charge < -0.3 is 19.7 Å². The second kappa shape index (κ2) is 16.4. The number of ether oxygens (including phenoxy) is 2. The van der Waals surface area contributed by atoms with Crippen LogP contribution in [0.4, 0.5) is 8.78 Å². The zero-order chi connectivity index (χ0) is 37.8. The van der Waals surface area contributed by atoms with Crippen molar-refractivity contribution in [3.63, 3.8) is 0 Å². The van der Waals surface area contributed by atoms with E-state index in [0.717, 1.165) is 49.4 Å². The predicted molar refractivity (Wildman–Crippen MR) is 190 cm³/mol. The molecule has 0 aliphatic carbocycles. The lowest BCUT2D eigenvalue weighted by atomic mass is 9.96. The summed E-state index contributed by atoms with van der Waals surface area (Å²) in [6.07, 6.45) is 3.10. The summed E-state index contributed by atoms with van der Waals surface area (Å²) in [5, 5.41) is 32.7. The van der Waals surface area contributed by atoms with Crippen molar-refractivity contribution in [2.75, 3.05) is 65.6 Å². The maximum atomic E-state index is 13.9. The Hall–Kier alpha value is -5.23. The molecule has 4 saturated heterocycles. The maximum absolute atomic E-state index is 13.9. The zero-order valence-electron chi connectivity index (χ0n) is 30.2. The number of nitrogens with zero attached hydrogens (tertiary/aromatic N) is 10. The van der Waals surface area contributed by atoms with Crippen LogP contribution in [-0.2, 0) is 20.7 Å². The molecule has 4 fully saturated rings. The number of carbonyl (C=O) groups excluding carboxylic acids is 1. The van der Waals surface area contributed by atoms with E-state index >= 15 is 0 Å². The monoisotopic (exact) mass is 737 g/mol. The van der Waals surface area contributed by atoms with Gasteiger partial charge in [0.25, 0.3) is 0 Å². The number of benzene rings is 2. The van der Waals surface area contributed by atoms with Crippen LogP contribution in [0.1, 0.15) is 51.2 Å². The van der Waals surface area contributed by atoms with Crippen LogP contribution in [0, 0.1) is 48.1 Å².